The maximum absolute atomic E-state index is 13.7. The molecule has 1 aliphatic rings. The van der Waals surface area contributed by atoms with Crippen LogP contribution in [0.2, 0.25) is 0 Å². The van der Waals surface area contributed by atoms with Crippen molar-refractivity contribution in [2.75, 3.05) is 19.0 Å². The molecule has 0 bridgehead atoms. The van der Waals surface area contributed by atoms with Crippen molar-refractivity contribution in [2.24, 2.45) is 0 Å². The number of rotatable bonds is 8. The highest BCUT2D eigenvalue weighted by Gasteiger charge is 2.39. The van der Waals surface area contributed by atoms with Crippen molar-refractivity contribution in [3.63, 3.8) is 0 Å². The fourth-order valence-electron chi connectivity index (χ4n) is 3.95. The zero-order valence-corrected chi connectivity index (χ0v) is 21.2. The highest BCUT2D eigenvalue weighted by molar-refractivity contribution is 5.99. The van der Waals surface area contributed by atoms with Gasteiger partial charge in [-0.15, -0.1) is 6.42 Å². The molecular weight excluding hydrogens is 458 g/mol. The van der Waals surface area contributed by atoms with Gasteiger partial charge in [0.2, 0.25) is 5.91 Å². The van der Waals surface area contributed by atoms with Gasteiger partial charge in [0.25, 0.3) is 5.91 Å². The molecule has 2 aromatic rings. The molecule has 1 atom stereocenters. The standard InChI is InChI=1S/C28H33N3O5/c1-6-19-10-7-8-13-23(19)25(26(33)30-20-14-16-22(35-5)17-15-20)31(21-11-9-12-21)24(32)18-29-27(34)36-28(2,3)4/h1,7-8,10,13-17,21,25H,9,11-12,18H2,2-5H3,(H,29,34)(H,30,33). The Morgan fingerprint density at radius 1 is 1.11 bits per heavy atom. The van der Waals surface area contributed by atoms with E-state index in [0.717, 1.165) is 19.3 Å². The van der Waals surface area contributed by atoms with Gasteiger partial charge >= 0.3 is 6.09 Å². The Kier molecular flexibility index (Phi) is 8.59. The molecule has 1 unspecified atom stereocenters. The van der Waals surface area contributed by atoms with Crippen molar-refractivity contribution in [3.05, 3.63) is 59.7 Å². The Morgan fingerprint density at radius 3 is 2.33 bits per heavy atom. The van der Waals surface area contributed by atoms with Crippen LogP contribution in [0.3, 0.4) is 0 Å². The van der Waals surface area contributed by atoms with Gasteiger partial charge < -0.3 is 25.0 Å². The first-order valence-electron chi connectivity index (χ1n) is 11.9. The average molecular weight is 492 g/mol. The van der Waals surface area contributed by atoms with Gasteiger partial charge in [0, 0.05) is 17.3 Å². The largest absolute Gasteiger partial charge is 0.497 e. The predicted octanol–water partition coefficient (Wildman–Crippen LogP) is 4.26. The fraction of sp³-hybridized carbons (Fsp3) is 0.393. The van der Waals surface area contributed by atoms with Gasteiger partial charge in [-0.2, -0.15) is 0 Å². The van der Waals surface area contributed by atoms with Crippen LogP contribution in [-0.4, -0.2) is 48.1 Å². The Bertz CT molecular complexity index is 1130. The average Bonchev–Trinajstić information content (AvgIpc) is 2.80. The van der Waals surface area contributed by atoms with Gasteiger partial charge in [-0.1, -0.05) is 24.1 Å². The molecule has 1 saturated carbocycles. The lowest BCUT2D eigenvalue weighted by Gasteiger charge is -2.42. The van der Waals surface area contributed by atoms with Crippen molar-refractivity contribution < 1.29 is 23.9 Å². The SMILES string of the molecule is C#Cc1ccccc1C(C(=O)Nc1ccc(OC)cc1)N(C(=O)CNC(=O)OC(C)(C)C)C1CCC1. The molecule has 2 N–H and O–H groups in total. The van der Waals surface area contributed by atoms with E-state index in [1.807, 2.05) is 0 Å². The molecule has 0 radical (unpaired) electrons. The molecule has 3 amide bonds. The number of hydrogen-bond acceptors (Lipinski definition) is 5. The zero-order chi connectivity index (χ0) is 26.3. The van der Waals surface area contributed by atoms with Crippen LogP contribution in [0.1, 0.15) is 57.2 Å². The first kappa shape index (κ1) is 26.6. The number of nitrogens with zero attached hydrogens (tertiary/aromatic N) is 1. The molecule has 2 aromatic carbocycles. The van der Waals surface area contributed by atoms with E-state index in [2.05, 4.69) is 16.6 Å². The Morgan fingerprint density at radius 2 is 1.78 bits per heavy atom. The number of methoxy groups -OCH3 is 1. The maximum atomic E-state index is 13.7. The lowest BCUT2D eigenvalue weighted by atomic mass is 9.87. The molecule has 1 fully saturated rings. The van der Waals surface area contributed by atoms with Crippen LogP contribution in [0.25, 0.3) is 0 Å². The molecule has 190 valence electrons. The van der Waals surface area contributed by atoms with Crippen molar-refractivity contribution in [1.29, 1.82) is 0 Å². The molecule has 0 heterocycles. The summed E-state index contributed by atoms with van der Waals surface area (Å²) >= 11 is 0. The summed E-state index contributed by atoms with van der Waals surface area (Å²) < 4.78 is 10.4. The minimum atomic E-state index is -0.988. The summed E-state index contributed by atoms with van der Waals surface area (Å²) in [6.45, 7) is 4.91. The molecule has 0 saturated heterocycles. The molecular formula is C28H33N3O5. The third kappa shape index (κ3) is 6.79. The molecule has 0 spiro atoms. The lowest BCUT2D eigenvalue weighted by molar-refractivity contribution is -0.143. The summed E-state index contributed by atoms with van der Waals surface area (Å²) in [5, 5.41) is 5.43. The minimum absolute atomic E-state index is 0.157. The summed E-state index contributed by atoms with van der Waals surface area (Å²) in [5.41, 5.74) is 0.915. The number of carbonyl (C=O) groups excluding carboxylic acids is 3. The van der Waals surface area contributed by atoms with Gasteiger partial charge in [0.1, 0.15) is 23.9 Å². The van der Waals surface area contributed by atoms with Crippen molar-refractivity contribution in [1.82, 2.24) is 10.2 Å². The Labute approximate surface area is 212 Å². The highest BCUT2D eigenvalue weighted by Crippen LogP contribution is 2.35. The van der Waals surface area contributed by atoms with Gasteiger partial charge in [0.05, 0.1) is 7.11 Å². The summed E-state index contributed by atoms with van der Waals surface area (Å²) in [7, 11) is 1.56. The van der Waals surface area contributed by atoms with E-state index in [1.54, 1.807) is 81.3 Å². The molecule has 3 rings (SSSR count). The van der Waals surface area contributed by atoms with Crippen molar-refractivity contribution in [3.8, 4) is 18.1 Å². The van der Waals surface area contributed by atoms with Gasteiger partial charge in [-0.3, -0.25) is 9.59 Å². The molecule has 36 heavy (non-hydrogen) atoms. The summed E-state index contributed by atoms with van der Waals surface area (Å²) in [6.07, 6.45) is 7.50. The maximum Gasteiger partial charge on any atom is 0.408 e. The number of amides is 3. The smallest absolute Gasteiger partial charge is 0.408 e. The summed E-state index contributed by atoms with van der Waals surface area (Å²) in [6, 6.07) is 12.8. The highest BCUT2D eigenvalue weighted by atomic mass is 16.6. The lowest BCUT2D eigenvalue weighted by Crippen LogP contribution is -2.53. The van der Waals surface area contributed by atoms with E-state index in [9.17, 15) is 14.4 Å². The van der Waals surface area contributed by atoms with Crippen LogP contribution in [0.4, 0.5) is 10.5 Å². The van der Waals surface area contributed by atoms with Crippen molar-refractivity contribution in [2.45, 2.75) is 57.7 Å². The number of nitrogens with one attached hydrogen (secondary N) is 2. The molecule has 8 nitrogen and oxygen atoms in total. The molecule has 1 aliphatic carbocycles. The third-order valence-corrected chi connectivity index (χ3v) is 5.83. The number of hydrogen-bond donors (Lipinski definition) is 2. The van der Waals surface area contributed by atoms with Crippen LogP contribution in [0.15, 0.2) is 48.5 Å². The Balaban J connectivity index is 1.93. The topological polar surface area (TPSA) is 97.0 Å². The van der Waals surface area contributed by atoms with E-state index in [1.165, 1.54) is 0 Å². The van der Waals surface area contributed by atoms with E-state index < -0.39 is 29.6 Å². The van der Waals surface area contributed by atoms with E-state index in [0.29, 0.717) is 22.6 Å². The van der Waals surface area contributed by atoms with Crippen LogP contribution >= 0.6 is 0 Å². The number of benzene rings is 2. The zero-order valence-electron chi connectivity index (χ0n) is 21.2. The number of terminal acetylenes is 1. The number of anilines is 1. The summed E-state index contributed by atoms with van der Waals surface area (Å²) in [4.78, 5) is 41.0. The van der Waals surface area contributed by atoms with E-state index in [-0.39, 0.29) is 12.6 Å². The first-order valence-corrected chi connectivity index (χ1v) is 11.9. The Hall–Kier alpha value is -3.99. The van der Waals surface area contributed by atoms with Crippen molar-refractivity contribution >= 4 is 23.6 Å². The van der Waals surface area contributed by atoms with Gasteiger partial charge in [-0.25, -0.2) is 4.79 Å². The number of ether oxygens (including phenoxy) is 2. The normalized spacial score (nSPS) is 14.0. The molecule has 0 aromatic heterocycles. The second-order valence-electron chi connectivity index (χ2n) is 9.59. The number of carbonyl (C=O) groups is 3. The minimum Gasteiger partial charge on any atom is -0.497 e. The predicted molar refractivity (Wildman–Crippen MR) is 137 cm³/mol. The second kappa shape index (κ2) is 11.6. The second-order valence-corrected chi connectivity index (χ2v) is 9.59. The van der Waals surface area contributed by atoms with Crippen LogP contribution in [0, 0.1) is 12.3 Å². The van der Waals surface area contributed by atoms with Crippen LogP contribution in [0.5, 0.6) is 5.75 Å². The van der Waals surface area contributed by atoms with Crippen LogP contribution in [-0.2, 0) is 14.3 Å². The third-order valence-electron chi connectivity index (χ3n) is 5.83. The van der Waals surface area contributed by atoms with Crippen LogP contribution < -0.4 is 15.4 Å². The van der Waals surface area contributed by atoms with E-state index >= 15 is 0 Å². The first-order chi connectivity index (χ1) is 17.1. The van der Waals surface area contributed by atoms with Gasteiger partial charge in [0.15, 0.2) is 0 Å². The molecule has 0 aliphatic heterocycles. The fourth-order valence-corrected chi connectivity index (χ4v) is 3.95. The van der Waals surface area contributed by atoms with E-state index in [4.69, 9.17) is 15.9 Å². The van der Waals surface area contributed by atoms with Gasteiger partial charge in [-0.05, 0) is 75.9 Å². The summed E-state index contributed by atoms with van der Waals surface area (Å²) in [5.74, 6) is 2.49. The number of alkyl carbamates (subject to hydrolysis) is 1. The quantitative estimate of drug-likeness (QED) is 0.538. The molecule has 8 heteroatoms. The monoisotopic (exact) mass is 491 g/mol.